The maximum atomic E-state index is 13.4. The molecule has 1 heterocycles. The fourth-order valence-corrected chi connectivity index (χ4v) is 4.04. The molecule has 0 atom stereocenters. The number of carbonyl (C=O) groups is 3. The molecular formula is C28H18ClFN2O4. The van der Waals surface area contributed by atoms with Gasteiger partial charge in [0.15, 0.2) is 0 Å². The van der Waals surface area contributed by atoms with Gasteiger partial charge in [-0.3, -0.25) is 14.9 Å². The number of amides is 4. The third-order valence-electron chi connectivity index (χ3n) is 5.71. The van der Waals surface area contributed by atoms with Gasteiger partial charge in [-0.25, -0.2) is 14.1 Å². The van der Waals surface area contributed by atoms with Crippen LogP contribution in [0.15, 0.2) is 90.5 Å². The Morgan fingerprint density at radius 1 is 0.889 bits per heavy atom. The highest BCUT2D eigenvalue weighted by atomic mass is 35.5. The second-order valence-electron chi connectivity index (χ2n) is 8.05. The molecule has 1 fully saturated rings. The quantitative estimate of drug-likeness (QED) is 0.274. The van der Waals surface area contributed by atoms with Gasteiger partial charge in [0.25, 0.3) is 11.8 Å². The van der Waals surface area contributed by atoms with Gasteiger partial charge in [0.2, 0.25) is 0 Å². The van der Waals surface area contributed by atoms with E-state index in [1.807, 2.05) is 42.5 Å². The van der Waals surface area contributed by atoms with E-state index < -0.39 is 23.7 Å². The Labute approximate surface area is 210 Å². The molecule has 4 aromatic carbocycles. The first-order chi connectivity index (χ1) is 17.4. The number of carbonyl (C=O) groups excluding carboxylic acids is 3. The van der Waals surface area contributed by atoms with Gasteiger partial charge in [-0.1, -0.05) is 54.1 Å². The number of barbiturate groups is 1. The van der Waals surface area contributed by atoms with E-state index in [-0.39, 0.29) is 17.9 Å². The molecule has 178 valence electrons. The predicted octanol–water partition coefficient (Wildman–Crippen LogP) is 5.88. The Morgan fingerprint density at radius 3 is 2.36 bits per heavy atom. The van der Waals surface area contributed by atoms with Crippen LogP contribution in [0, 0.1) is 5.82 Å². The number of fused-ring (bicyclic) bond motifs is 1. The molecule has 0 radical (unpaired) electrons. The molecule has 36 heavy (non-hydrogen) atoms. The summed E-state index contributed by atoms with van der Waals surface area (Å²) in [5, 5.41) is 4.42. The van der Waals surface area contributed by atoms with Crippen LogP contribution in [0.2, 0.25) is 5.02 Å². The van der Waals surface area contributed by atoms with Crippen molar-refractivity contribution in [3.8, 4) is 5.75 Å². The molecule has 0 aromatic heterocycles. The van der Waals surface area contributed by atoms with Crippen LogP contribution in [-0.4, -0.2) is 17.8 Å². The largest absolute Gasteiger partial charge is 0.488 e. The molecule has 8 heteroatoms. The van der Waals surface area contributed by atoms with Crippen LogP contribution in [-0.2, 0) is 16.2 Å². The summed E-state index contributed by atoms with van der Waals surface area (Å²) in [5.41, 5.74) is 1.26. The van der Waals surface area contributed by atoms with Crippen molar-refractivity contribution in [3.63, 3.8) is 0 Å². The Hall–Kier alpha value is -4.49. The summed E-state index contributed by atoms with van der Waals surface area (Å²) in [5.74, 6) is -1.73. The number of nitrogens with one attached hydrogen (secondary N) is 1. The number of hydrogen-bond acceptors (Lipinski definition) is 4. The van der Waals surface area contributed by atoms with E-state index in [2.05, 4.69) is 5.32 Å². The molecule has 5 rings (SSSR count). The number of imide groups is 2. The minimum Gasteiger partial charge on any atom is -0.488 e. The first-order valence-electron chi connectivity index (χ1n) is 11.0. The lowest BCUT2D eigenvalue weighted by Crippen LogP contribution is -2.54. The molecule has 0 bridgehead atoms. The highest BCUT2D eigenvalue weighted by molar-refractivity contribution is 6.39. The highest BCUT2D eigenvalue weighted by Crippen LogP contribution is 2.32. The molecule has 1 N–H and O–H groups in total. The summed E-state index contributed by atoms with van der Waals surface area (Å²) in [6, 6.07) is 22.2. The Bertz CT molecular complexity index is 1530. The number of rotatable bonds is 5. The van der Waals surface area contributed by atoms with E-state index in [9.17, 15) is 18.8 Å². The minimum atomic E-state index is -0.911. The number of halogens is 2. The molecule has 6 nitrogen and oxygen atoms in total. The second kappa shape index (κ2) is 9.64. The minimum absolute atomic E-state index is 0.134. The topological polar surface area (TPSA) is 75.7 Å². The predicted molar refractivity (Wildman–Crippen MR) is 135 cm³/mol. The number of urea groups is 1. The van der Waals surface area contributed by atoms with Gasteiger partial charge >= 0.3 is 6.03 Å². The molecular weight excluding hydrogens is 483 g/mol. The zero-order valence-corrected chi connectivity index (χ0v) is 19.5. The molecule has 0 spiro atoms. The lowest BCUT2D eigenvalue weighted by Gasteiger charge is -2.26. The van der Waals surface area contributed by atoms with Crippen LogP contribution in [0.25, 0.3) is 16.8 Å². The van der Waals surface area contributed by atoms with Crippen LogP contribution >= 0.6 is 11.6 Å². The van der Waals surface area contributed by atoms with Gasteiger partial charge in [-0.2, -0.15) is 0 Å². The van der Waals surface area contributed by atoms with Gasteiger partial charge in [0.05, 0.1) is 5.69 Å². The van der Waals surface area contributed by atoms with Crippen molar-refractivity contribution in [1.82, 2.24) is 5.32 Å². The maximum Gasteiger partial charge on any atom is 0.335 e. The average molecular weight is 501 g/mol. The van der Waals surface area contributed by atoms with E-state index in [1.54, 1.807) is 18.2 Å². The number of anilines is 1. The van der Waals surface area contributed by atoms with Crippen molar-refractivity contribution in [3.05, 3.63) is 112 Å². The normalized spacial score (nSPS) is 14.9. The Kier molecular flexibility index (Phi) is 6.23. The van der Waals surface area contributed by atoms with Gasteiger partial charge in [0, 0.05) is 10.6 Å². The van der Waals surface area contributed by atoms with Crippen molar-refractivity contribution < 1.29 is 23.5 Å². The molecule has 0 unspecified atom stereocenters. The van der Waals surface area contributed by atoms with E-state index in [1.165, 1.54) is 18.2 Å². The van der Waals surface area contributed by atoms with Crippen molar-refractivity contribution in [2.75, 3.05) is 4.90 Å². The maximum absolute atomic E-state index is 13.4. The standard InChI is InChI=1S/C28H18ClFN2O4/c29-19-8-5-17(6-9-19)16-36-25-14-7-18-3-1-2-4-22(18)23(25)15-24-26(33)31-28(35)32(27(24)34)21-12-10-20(30)11-13-21/h1-15H,16H2,(H,31,33,35)/b24-15+. The molecule has 4 amide bonds. The number of hydrogen-bond donors (Lipinski definition) is 1. The van der Waals surface area contributed by atoms with Gasteiger partial charge in [0.1, 0.15) is 23.7 Å². The van der Waals surface area contributed by atoms with E-state index in [0.29, 0.717) is 16.3 Å². The van der Waals surface area contributed by atoms with Crippen LogP contribution in [0.4, 0.5) is 14.9 Å². The van der Waals surface area contributed by atoms with E-state index >= 15 is 0 Å². The first-order valence-corrected chi connectivity index (χ1v) is 11.3. The molecule has 0 aliphatic carbocycles. The fraction of sp³-hybridized carbons (Fsp3) is 0.0357. The van der Waals surface area contributed by atoms with Gasteiger partial charge in [-0.05, 0) is 64.9 Å². The lowest BCUT2D eigenvalue weighted by molar-refractivity contribution is -0.122. The summed E-state index contributed by atoms with van der Waals surface area (Å²) in [7, 11) is 0. The summed E-state index contributed by atoms with van der Waals surface area (Å²) < 4.78 is 19.5. The van der Waals surface area contributed by atoms with Gasteiger partial charge < -0.3 is 4.74 Å². The summed E-state index contributed by atoms with van der Waals surface area (Å²) >= 11 is 5.96. The van der Waals surface area contributed by atoms with Crippen LogP contribution in [0.3, 0.4) is 0 Å². The third kappa shape index (κ3) is 4.56. The fourth-order valence-electron chi connectivity index (χ4n) is 3.92. The zero-order valence-electron chi connectivity index (χ0n) is 18.7. The van der Waals surface area contributed by atoms with E-state index in [0.717, 1.165) is 33.4 Å². The lowest BCUT2D eigenvalue weighted by atomic mass is 9.99. The highest BCUT2D eigenvalue weighted by Gasteiger charge is 2.37. The van der Waals surface area contributed by atoms with Crippen molar-refractivity contribution in [2.24, 2.45) is 0 Å². The summed E-state index contributed by atoms with van der Waals surface area (Å²) in [6.07, 6.45) is 1.42. The number of benzene rings is 4. The summed E-state index contributed by atoms with van der Waals surface area (Å²) in [6.45, 7) is 0.228. The number of nitrogens with zero attached hydrogens (tertiary/aromatic N) is 1. The Balaban J connectivity index is 1.57. The molecule has 1 saturated heterocycles. The van der Waals surface area contributed by atoms with Crippen molar-refractivity contribution >= 4 is 52.0 Å². The first kappa shape index (κ1) is 23.3. The molecule has 1 aliphatic rings. The smallest absolute Gasteiger partial charge is 0.335 e. The average Bonchev–Trinajstić information content (AvgIpc) is 2.87. The van der Waals surface area contributed by atoms with Crippen LogP contribution < -0.4 is 15.0 Å². The zero-order chi connectivity index (χ0) is 25.2. The van der Waals surface area contributed by atoms with Crippen LogP contribution in [0.5, 0.6) is 5.75 Å². The monoisotopic (exact) mass is 500 g/mol. The van der Waals surface area contributed by atoms with Crippen molar-refractivity contribution in [2.45, 2.75) is 6.61 Å². The second-order valence-corrected chi connectivity index (χ2v) is 8.48. The molecule has 1 aliphatic heterocycles. The summed E-state index contributed by atoms with van der Waals surface area (Å²) in [4.78, 5) is 39.3. The van der Waals surface area contributed by atoms with Crippen molar-refractivity contribution in [1.29, 1.82) is 0 Å². The SMILES string of the molecule is O=C1NC(=O)N(c2ccc(F)cc2)C(=O)/C1=C/c1c(OCc2ccc(Cl)cc2)ccc2ccccc12. The third-order valence-corrected chi connectivity index (χ3v) is 5.97. The van der Waals surface area contributed by atoms with Gasteiger partial charge in [-0.15, -0.1) is 0 Å². The molecule has 0 saturated carbocycles. The number of ether oxygens (including phenoxy) is 1. The van der Waals surface area contributed by atoms with E-state index in [4.69, 9.17) is 16.3 Å². The Morgan fingerprint density at radius 2 is 1.61 bits per heavy atom. The molecule has 4 aromatic rings. The van der Waals surface area contributed by atoms with Crippen LogP contribution in [0.1, 0.15) is 11.1 Å².